The molecule has 3 rings (SSSR count). The van der Waals surface area contributed by atoms with Crippen LogP contribution in [0.3, 0.4) is 0 Å². The van der Waals surface area contributed by atoms with Crippen molar-refractivity contribution in [2.45, 2.75) is 38.0 Å². The van der Waals surface area contributed by atoms with Gasteiger partial charge in [0.15, 0.2) is 0 Å². The van der Waals surface area contributed by atoms with Gasteiger partial charge in [0.1, 0.15) is 10.6 Å². The van der Waals surface area contributed by atoms with Gasteiger partial charge >= 0.3 is 0 Å². The fraction of sp³-hybridized carbons (Fsp3) is 0.684. The highest BCUT2D eigenvalue weighted by Gasteiger charge is 2.41. The van der Waals surface area contributed by atoms with Crippen molar-refractivity contribution in [2.24, 2.45) is 11.3 Å². The van der Waals surface area contributed by atoms with Crippen molar-refractivity contribution >= 4 is 10.0 Å². The van der Waals surface area contributed by atoms with Crippen LogP contribution < -0.4 is 4.74 Å². The molecule has 6 heteroatoms. The molecule has 1 aromatic carbocycles. The number of hydrogen-bond acceptors (Lipinski definition) is 4. The summed E-state index contributed by atoms with van der Waals surface area (Å²) in [6.45, 7) is 8.79. The summed E-state index contributed by atoms with van der Waals surface area (Å²) in [4.78, 5) is 2.79. The first kappa shape index (κ1) is 18.7. The van der Waals surface area contributed by atoms with Crippen molar-refractivity contribution in [2.75, 3.05) is 39.8 Å². The molecule has 1 saturated heterocycles. The highest BCUT2D eigenvalue weighted by Crippen LogP contribution is 2.38. The van der Waals surface area contributed by atoms with Gasteiger partial charge in [-0.1, -0.05) is 26.0 Å². The van der Waals surface area contributed by atoms with Crippen molar-refractivity contribution in [3.63, 3.8) is 0 Å². The topological polar surface area (TPSA) is 49.9 Å². The first-order valence-electron chi connectivity index (χ1n) is 9.23. The number of nitrogens with zero attached hydrogens (tertiary/aromatic N) is 2. The second-order valence-electron chi connectivity index (χ2n) is 8.02. The number of hydrogen-bond donors (Lipinski definition) is 0. The Morgan fingerprint density at radius 2 is 1.88 bits per heavy atom. The van der Waals surface area contributed by atoms with Crippen molar-refractivity contribution in [1.29, 1.82) is 0 Å². The molecule has 0 bridgehead atoms. The van der Waals surface area contributed by atoms with Crippen LogP contribution in [0.5, 0.6) is 5.75 Å². The SMILES string of the molecule is CC(C)CCN1CCC2(CC1)COc1ccccc1S(=O)(=O)N(C)C2. The van der Waals surface area contributed by atoms with Crippen LogP contribution in [-0.4, -0.2) is 57.5 Å². The van der Waals surface area contributed by atoms with Crippen LogP contribution in [0.15, 0.2) is 29.2 Å². The summed E-state index contributed by atoms with van der Waals surface area (Å²) in [6, 6.07) is 6.97. The lowest BCUT2D eigenvalue weighted by Crippen LogP contribution is -2.50. The first-order chi connectivity index (χ1) is 11.8. The van der Waals surface area contributed by atoms with Gasteiger partial charge < -0.3 is 9.64 Å². The number of piperidine rings is 1. The number of fused-ring (bicyclic) bond motifs is 1. The quantitative estimate of drug-likeness (QED) is 0.825. The number of likely N-dealkylation sites (tertiary alicyclic amines) is 1. The lowest BCUT2D eigenvalue weighted by Gasteiger charge is -2.44. The summed E-state index contributed by atoms with van der Waals surface area (Å²) in [5, 5.41) is 0. The molecule has 0 aliphatic carbocycles. The Hall–Kier alpha value is -1.11. The predicted molar refractivity (Wildman–Crippen MR) is 99.3 cm³/mol. The third-order valence-corrected chi connectivity index (χ3v) is 7.41. The predicted octanol–water partition coefficient (Wildman–Crippen LogP) is 2.83. The fourth-order valence-electron chi connectivity index (χ4n) is 3.78. The van der Waals surface area contributed by atoms with Crippen molar-refractivity contribution < 1.29 is 13.2 Å². The molecule has 0 saturated carbocycles. The molecule has 25 heavy (non-hydrogen) atoms. The normalized spacial score (nSPS) is 23.7. The van der Waals surface area contributed by atoms with E-state index >= 15 is 0 Å². The smallest absolute Gasteiger partial charge is 0.246 e. The Kier molecular flexibility index (Phi) is 5.42. The van der Waals surface area contributed by atoms with E-state index in [2.05, 4.69) is 18.7 Å². The largest absolute Gasteiger partial charge is 0.492 e. The number of ether oxygens (including phenoxy) is 1. The number of para-hydroxylation sites is 1. The van der Waals surface area contributed by atoms with E-state index in [1.54, 1.807) is 25.2 Å². The zero-order valence-electron chi connectivity index (χ0n) is 15.6. The fourth-order valence-corrected chi connectivity index (χ4v) is 5.19. The van der Waals surface area contributed by atoms with E-state index in [1.165, 1.54) is 10.7 Å². The summed E-state index contributed by atoms with van der Waals surface area (Å²) >= 11 is 0. The summed E-state index contributed by atoms with van der Waals surface area (Å²) in [7, 11) is -1.80. The minimum absolute atomic E-state index is 0.0936. The lowest BCUT2D eigenvalue weighted by atomic mass is 9.78. The van der Waals surface area contributed by atoms with Crippen LogP contribution in [0.2, 0.25) is 0 Å². The molecular weight excluding hydrogens is 336 g/mol. The van der Waals surface area contributed by atoms with Crippen molar-refractivity contribution in [3.05, 3.63) is 24.3 Å². The van der Waals surface area contributed by atoms with E-state index in [-0.39, 0.29) is 10.3 Å². The summed E-state index contributed by atoms with van der Waals surface area (Å²) in [5.41, 5.74) is -0.0936. The highest BCUT2D eigenvalue weighted by atomic mass is 32.2. The molecule has 0 aromatic heterocycles. The van der Waals surface area contributed by atoms with Gasteiger partial charge in [0.25, 0.3) is 0 Å². The molecule has 140 valence electrons. The van der Waals surface area contributed by atoms with E-state index in [0.717, 1.165) is 32.5 Å². The zero-order chi connectivity index (χ0) is 18.1. The molecule has 1 fully saturated rings. The Balaban J connectivity index is 1.76. The third kappa shape index (κ3) is 4.01. The van der Waals surface area contributed by atoms with Crippen LogP contribution >= 0.6 is 0 Å². The summed E-state index contributed by atoms with van der Waals surface area (Å²) < 4.78 is 33.3. The van der Waals surface area contributed by atoms with E-state index in [0.29, 0.717) is 24.8 Å². The van der Waals surface area contributed by atoms with Gasteiger partial charge in [-0.2, -0.15) is 0 Å². The summed E-state index contributed by atoms with van der Waals surface area (Å²) in [5.74, 6) is 1.20. The molecule has 2 heterocycles. The monoisotopic (exact) mass is 366 g/mol. The van der Waals surface area contributed by atoms with E-state index in [1.807, 2.05) is 6.07 Å². The van der Waals surface area contributed by atoms with Crippen LogP contribution in [0.25, 0.3) is 0 Å². The maximum Gasteiger partial charge on any atom is 0.246 e. The average molecular weight is 367 g/mol. The van der Waals surface area contributed by atoms with Gasteiger partial charge in [-0.3, -0.25) is 0 Å². The molecule has 0 unspecified atom stereocenters. The van der Waals surface area contributed by atoms with E-state index < -0.39 is 10.0 Å². The molecule has 0 radical (unpaired) electrons. The Morgan fingerprint density at radius 3 is 2.56 bits per heavy atom. The second-order valence-corrected chi connectivity index (χ2v) is 10.0. The van der Waals surface area contributed by atoms with E-state index in [9.17, 15) is 8.42 Å². The van der Waals surface area contributed by atoms with Gasteiger partial charge in [0, 0.05) is 19.0 Å². The second kappa shape index (κ2) is 7.25. The number of sulfonamides is 1. The average Bonchev–Trinajstić information content (AvgIpc) is 2.59. The molecule has 0 amide bonds. The zero-order valence-corrected chi connectivity index (χ0v) is 16.4. The molecule has 5 nitrogen and oxygen atoms in total. The van der Waals surface area contributed by atoms with Crippen molar-refractivity contribution in [3.8, 4) is 5.75 Å². The van der Waals surface area contributed by atoms with Gasteiger partial charge in [-0.05, 0) is 56.9 Å². The third-order valence-electron chi connectivity index (χ3n) is 5.57. The minimum Gasteiger partial charge on any atom is -0.492 e. The molecule has 2 aliphatic heterocycles. The van der Waals surface area contributed by atoms with Crippen LogP contribution in [0.4, 0.5) is 0 Å². The van der Waals surface area contributed by atoms with Gasteiger partial charge in [0.05, 0.1) is 6.61 Å². The maximum absolute atomic E-state index is 12.9. The van der Waals surface area contributed by atoms with Crippen LogP contribution in [0, 0.1) is 11.3 Å². The Labute approximate surface area is 152 Å². The maximum atomic E-state index is 12.9. The lowest BCUT2D eigenvalue weighted by molar-refractivity contribution is 0.0373. The number of rotatable bonds is 3. The van der Waals surface area contributed by atoms with Crippen LogP contribution in [-0.2, 0) is 10.0 Å². The molecular formula is C19H30N2O3S. The molecule has 2 aliphatic rings. The minimum atomic E-state index is -3.50. The Bertz CT molecular complexity index is 694. The van der Waals surface area contributed by atoms with Gasteiger partial charge in [0.2, 0.25) is 10.0 Å². The first-order valence-corrected chi connectivity index (χ1v) is 10.7. The standard InChI is InChI=1S/C19H30N2O3S/c1-16(2)8-11-21-12-9-19(10-13-21)14-20(3)25(22,23)18-7-5-4-6-17(18)24-15-19/h4-7,16H,8-15H2,1-3H3. The molecule has 1 spiro atoms. The molecule has 1 aromatic rings. The van der Waals surface area contributed by atoms with Gasteiger partial charge in [-0.25, -0.2) is 12.7 Å². The van der Waals surface area contributed by atoms with Crippen molar-refractivity contribution in [1.82, 2.24) is 9.21 Å². The molecule has 0 atom stereocenters. The molecule has 0 N–H and O–H groups in total. The number of benzene rings is 1. The van der Waals surface area contributed by atoms with Gasteiger partial charge in [-0.15, -0.1) is 0 Å². The highest BCUT2D eigenvalue weighted by molar-refractivity contribution is 7.89. The van der Waals surface area contributed by atoms with E-state index in [4.69, 9.17) is 4.74 Å². The summed E-state index contributed by atoms with van der Waals surface area (Å²) in [6.07, 6.45) is 3.17. The Morgan fingerprint density at radius 1 is 1.20 bits per heavy atom. The van der Waals surface area contributed by atoms with Crippen LogP contribution in [0.1, 0.15) is 33.1 Å².